The van der Waals surface area contributed by atoms with Crippen LogP contribution in [0, 0.1) is 5.82 Å². The summed E-state index contributed by atoms with van der Waals surface area (Å²) in [4.78, 5) is 13.6. The molecule has 0 radical (unpaired) electrons. The summed E-state index contributed by atoms with van der Waals surface area (Å²) >= 11 is 7.61. The molecule has 0 saturated carbocycles. The Morgan fingerprint density at radius 1 is 1.37 bits per heavy atom. The third-order valence-corrected chi connectivity index (χ3v) is 6.96. The van der Waals surface area contributed by atoms with E-state index in [9.17, 15) is 9.18 Å². The third-order valence-electron chi connectivity index (χ3n) is 3.47. The number of nitrogens with zero attached hydrogens (tertiary/aromatic N) is 2. The van der Waals surface area contributed by atoms with E-state index in [4.69, 9.17) is 0 Å². The second-order valence-electron chi connectivity index (χ2n) is 5.50. The first kappa shape index (κ1) is 20.2. The van der Waals surface area contributed by atoms with Crippen molar-refractivity contribution in [2.75, 3.05) is 17.2 Å². The first-order chi connectivity index (χ1) is 13.0. The lowest BCUT2D eigenvalue weighted by Crippen LogP contribution is -2.22. The summed E-state index contributed by atoms with van der Waals surface area (Å²) in [5, 5.41) is 16.4. The van der Waals surface area contributed by atoms with Crippen LogP contribution in [0.5, 0.6) is 0 Å². The number of thioether (sulfide) groups is 1. The van der Waals surface area contributed by atoms with Gasteiger partial charge in [0.05, 0.1) is 10.9 Å². The molecule has 142 valence electrons. The zero-order valence-electron chi connectivity index (χ0n) is 14.2. The summed E-state index contributed by atoms with van der Waals surface area (Å²) < 4.78 is 15.2. The number of amides is 1. The molecule has 0 saturated heterocycles. The number of carbonyl (C=O) groups excluding carboxylic acids is 1. The van der Waals surface area contributed by atoms with Gasteiger partial charge in [-0.3, -0.25) is 4.79 Å². The average molecular weight is 487 g/mol. The van der Waals surface area contributed by atoms with E-state index in [0.717, 1.165) is 18.1 Å². The molecule has 0 aliphatic carbocycles. The van der Waals surface area contributed by atoms with Gasteiger partial charge >= 0.3 is 0 Å². The molecule has 3 rings (SSSR count). The van der Waals surface area contributed by atoms with Gasteiger partial charge < -0.3 is 10.6 Å². The monoisotopic (exact) mass is 486 g/mol. The molecule has 10 heteroatoms. The number of carbonyl (C=O) groups is 1. The molecule has 1 atom stereocenters. The minimum absolute atomic E-state index is 0.156. The quantitative estimate of drug-likeness (QED) is 0.424. The number of thiophene rings is 1. The lowest BCUT2D eigenvalue weighted by Gasteiger charge is -2.11. The maximum atomic E-state index is 13.8. The number of aromatic nitrogens is 2. The van der Waals surface area contributed by atoms with Crippen molar-refractivity contribution in [3.05, 3.63) is 50.9 Å². The van der Waals surface area contributed by atoms with Gasteiger partial charge in [-0.25, -0.2) is 4.39 Å². The molecule has 0 aliphatic rings. The van der Waals surface area contributed by atoms with Crippen LogP contribution in [0.1, 0.15) is 11.8 Å². The predicted octanol–water partition coefficient (Wildman–Crippen LogP) is 5.28. The van der Waals surface area contributed by atoms with Gasteiger partial charge in [-0.1, -0.05) is 45.1 Å². The van der Waals surface area contributed by atoms with Crippen molar-refractivity contribution in [2.24, 2.45) is 0 Å². The fourth-order valence-electron chi connectivity index (χ4n) is 2.11. The smallest absolute Gasteiger partial charge is 0.237 e. The summed E-state index contributed by atoms with van der Waals surface area (Å²) in [6, 6.07) is 8.64. The number of nitrogens with one attached hydrogen (secondary N) is 2. The molecule has 0 aliphatic heterocycles. The summed E-state index contributed by atoms with van der Waals surface area (Å²) in [6.07, 6.45) is 0.928. The van der Waals surface area contributed by atoms with Crippen LogP contribution < -0.4 is 10.6 Å². The van der Waals surface area contributed by atoms with Crippen molar-refractivity contribution >= 4 is 67.1 Å². The van der Waals surface area contributed by atoms with E-state index in [-0.39, 0.29) is 11.6 Å². The highest BCUT2D eigenvalue weighted by molar-refractivity contribution is 9.10. The lowest BCUT2D eigenvalue weighted by atomic mass is 10.3. The third kappa shape index (κ3) is 6.00. The van der Waals surface area contributed by atoms with Crippen LogP contribution in [0.25, 0.3) is 0 Å². The van der Waals surface area contributed by atoms with Gasteiger partial charge in [-0.2, -0.15) is 0 Å². The minimum atomic E-state index is -0.483. The van der Waals surface area contributed by atoms with Gasteiger partial charge in [-0.05, 0) is 43.0 Å². The Hall–Kier alpha value is -1.49. The zero-order valence-corrected chi connectivity index (χ0v) is 18.3. The normalized spacial score (nSPS) is 12.0. The van der Waals surface area contributed by atoms with E-state index >= 15 is 0 Å². The lowest BCUT2D eigenvalue weighted by molar-refractivity contribution is -0.115. The van der Waals surface area contributed by atoms with Crippen LogP contribution in [-0.4, -0.2) is 27.9 Å². The van der Waals surface area contributed by atoms with Gasteiger partial charge in [0.2, 0.25) is 11.0 Å². The van der Waals surface area contributed by atoms with Crippen LogP contribution >= 0.6 is 50.4 Å². The molecule has 0 spiro atoms. The van der Waals surface area contributed by atoms with E-state index in [1.807, 2.05) is 6.07 Å². The maximum absolute atomic E-state index is 13.8. The standard InChI is InChI=1S/C17H16BrFN4OS3/c1-10(15(24)21-14-5-4-11(18)9-13(14)19)26-17-23-22-16(27-17)20-7-6-12-3-2-8-25-12/h2-5,8-10H,6-7H2,1H3,(H,20,22)(H,21,24). The van der Waals surface area contributed by atoms with Gasteiger partial charge in [0.1, 0.15) is 5.82 Å². The molecule has 27 heavy (non-hydrogen) atoms. The van der Waals surface area contributed by atoms with Gasteiger partial charge in [0.15, 0.2) is 4.34 Å². The topological polar surface area (TPSA) is 66.9 Å². The van der Waals surface area contributed by atoms with E-state index in [1.165, 1.54) is 40.1 Å². The number of hydrogen-bond donors (Lipinski definition) is 2. The van der Waals surface area contributed by atoms with E-state index < -0.39 is 11.1 Å². The molecular formula is C17H16BrFN4OS3. The molecule has 2 heterocycles. The van der Waals surface area contributed by atoms with Crippen molar-refractivity contribution < 1.29 is 9.18 Å². The fraction of sp³-hybridized carbons (Fsp3) is 0.235. The molecule has 1 amide bonds. The van der Waals surface area contributed by atoms with Crippen molar-refractivity contribution in [2.45, 2.75) is 22.9 Å². The van der Waals surface area contributed by atoms with Crippen molar-refractivity contribution in [3.63, 3.8) is 0 Å². The SMILES string of the molecule is CC(Sc1nnc(NCCc2cccs2)s1)C(=O)Nc1ccc(Br)cc1F. The summed E-state index contributed by atoms with van der Waals surface area (Å²) in [5.41, 5.74) is 0.156. The van der Waals surface area contributed by atoms with Crippen LogP contribution in [0.15, 0.2) is 44.5 Å². The Morgan fingerprint density at radius 3 is 2.96 bits per heavy atom. The highest BCUT2D eigenvalue weighted by atomic mass is 79.9. The second-order valence-corrected chi connectivity index (χ2v) is 10.0. The zero-order chi connectivity index (χ0) is 19.2. The van der Waals surface area contributed by atoms with E-state index in [2.05, 4.69) is 48.2 Å². The number of benzene rings is 1. The highest BCUT2D eigenvalue weighted by Crippen LogP contribution is 2.30. The summed E-state index contributed by atoms with van der Waals surface area (Å²) in [5.74, 6) is -0.772. The molecule has 2 N–H and O–H groups in total. The highest BCUT2D eigenvalue weighted by Gasteiger charge is 2.18. The average Bonchev–Trinajstić information content (AvgIpc) is 3.29. The molecule has 1 unspecified atom stereocenters. The van der Waals surface area contributed by atoms with Gasteiger partial charge in [0.25, 0.3) is 0 Å². The molecule has 2 aromatic heterocycles. The molecule has 1 aromatic carbocycles. The van der Waals surface area contributed by atoms with Crippen molar-refractivity contribution in [3.8, 4) is 0 Å². The number of rotatable bonds is 8. The van der Waals surface area contributed by atoms with Crippen LogP contribution in [0.4, 0.5) is 15.2 Å². The second kappa shape index (κ2) is 9.63. The molecule has 0 bridgehead atoms. The largest absolute Gasteiger partial charge is 0.360 e. The number of halogens is 2. The predicted molar refractivity (Wildman–Crippen MR) is 114 cm³/mol. The Labute approximate surface area is 176 Å². The number of anilines is 2. The van der Waals surface area contributed by atoms with Gasteiger partial charge in [-0.15, -0.1) is 21.5 Å². The van der Waals surface area contributed by atoms with E-state index in [1.54, 1.807) is 24.3 Å². The Morgan fingerprint density at radius 2 is 2.22 bits per heavy atom. The first-order valence-electron chi connectivity index (χ1n) is 8.03. The maximum Gasteiger partial charge on any atom is 0.237 e. The van der Waals surface area contributed by atoms with Gasteiger partial charge in [0, 0.05) is 15.9 Å². The molecule has 5 nitrogen and oxygen atoms in total. The Bertz CT molecular complexity index is 903. The van der Waals surface area contributed by atoms with Crippen molar-refractivity contribution in [1.29, 1.82) is 0 Å². The van der Waals surface area contributed by atoms with Crippen LogP contribution in [0.3, 0.4) is 0 Å². The Kier molecular flexibility index (Phi) is 7.22. The molecule has 0 fully saturated rings. The Balaban J connectivity index is 1.49. The van der Waals surface area contributed by atoms with Crippen LogP contribution in [-0.2, 0) is 11.2 Å². The fourth-order valence-corrected chi connectivity index (χ4v) is 5.07. The minimum Gasteiger partial charge on any atom is -0.360 e. The van der Waals surface area contributed by atoms with Crippen molar-refractivity contribution in [1.82, 2.24) is 10.2 Å². The van der Waals surface area contributed by atoms with Crippen LogP contribution in [0.2, 0.25) is 0 Å². The summed E-state index contributed by atoms with van der Waals surface area (Å²) in [7, 11) is 0. The summed E-state index contributed by atoms with van der Waals surface area (Å²) in [6.45, 7) is 2.53. The van der Waals surface area contributed by atoms with E-state index in [0.29, 0.717) is 8.81 Å². The molecular weight excluding hydrogens is 471 g/mol. The number of hydrogen-bond acceptors (Lipinski definition) is 7. The first-order valence-corrected chi connectivity index (χ1v) is 11.4. The molecule has 3 aromatic rings.